The molecular formula is C21H29F3N4O6. The number of amides is 1. The fourth-order valence-corrected chi connectivity index (χ4v) is 3.68. The lowest BCUT2D eigenvalue weighted by Gasteiger charge is -2.37. The van der Waals surface area contributed by atoms with Crippen molar-refractivity contribution in [3.63, 3.8) is 0 Å². The molecule has 3 rings (SSSR count). The van der Waals surface area contributed by atoms with Crippen molar-refractivity contribution < 1.29 is 41.7 Å². The van der Waals surface area contributed by atoms with Gasteiger partial charge in [-0.2, -0.15) is 13.2 Å². The number of esters is 1. The predicted molar refractivity (Wildman–Crippen MR) is 111 cm³/mol. The van der Waals surface area contributed by atoms with Gasteiger partial charge in [-0.1, -0.05) is 0 Å². The normalized spacial score (nSPS) is 26.5. The fraction of sp³-hybridized carbons (Fsp3) is 0.714. The van der Waals surface area contributed by atoms with Crippen molar-refractivity contribution in [1.29, 1.82) is 0 Å². The predicted octanol–water partition coefficient (Wildman–Crippen LogP) is 2.04. The van der Waals surface area contributed by atoms with Crippen LogP contribution in [0.3, 0.4) is 0 Å². The first-order chi connectivity index (χ1) is 15.6. The molecule has 13 heteroatoms. The average molecular weight is 490 g/mol. The summed E-state index contributed by atoms with van der Waals surface area (Å²) in [6.07, 6.45) is -5.12. The summed E-state index contributed by atoms with van der Waals surface area (Å²) in [7, 11) is 0. The number of carbonyl (C=O) groups is 2. The van der Waals surface area contributed by atoms with Crippen LogP contribution in [-0.4, -0.2) is 70.7 Å². The van der Waals surface area contributed by atoms with Crippen molar-refractivity contribution in [2.24, 2.45) is 0 Å². The number of fused-ring (bicyclic) bond motifs is 1. The minimum atomic E-state index is -4.63. The van der Waals surface area contributed by atoms with Crippen LogP contribution in [0, 0.1) is 0 Å². The van der Waals surface area contributed by atoms with E-state index in [1.54, 1.807) is 34.6 Å². The Morgan fingerprint density at radius 3 is 2.50 bits per heavy atom. The maximum atomic E-state index is 13.0. The van der Waals surface area contributed by atoms with Crippen LogP contribution in [-0.2, 0) is 34.7 Å². The molecule has 10 nitrogen and oxygen atoms in total. The molecule has 2 N–H and O–H groups in total. The molecule has 1 amide bonds. The summed E-state index contributed by atoms with van der Waals surface area (Å²) in [6.45, 7) is 8.59. The van der Waals surface area contributed by atoms with E-state index in [2.05, 4.69) is 20.6 Å². The van der Waals surface area contributed by atoms with Crippen molar-refractivity contribution in [2.45, 2.75) is 83.0 Å². The van der Waals surface area contributed by atoms with E-state index >= 15 is 0 Å². The number of hydrogen-bond acceptors (Lipinski definition) is 9. The van der Waals surface area contributed by atoms with Gasteiger partial charge in [0.2, 0.25) is 5.91 Å². The average Bonchev–Trinajstić information content (AvgIpc) is 3.01. The number of nitrogens with zero attached hydrogens (tertiary/aromatic N) is 2. The molecule has 2 aliphatic heterocycles. The molecule has 0 spiro atoms. The second kappa shape index (κ2) is 9.62. The van der Waals surface area contributed by atoms with Gasteiger partial charge in [-0.15, -0.1) is 0 Å². The molecule has 1 aromatic heterocycles. The maximum Gasteiger partial charge on any atom is 0.434 e. The number of anilines is 1. The zero-order valence-corrected chi connectivity index (χ0v) is 19.6. The van der Waals surface area contributed by atoms with Crippen LogP contribution < -0.4 is 10.6 Å². The zero-order chi connectivity index (χ0) is 25.3. The topological polar surface area (TPSA) is 121 Å². The third-order valence-corrected chi connectivity index (χ3v) is 4.90. The minimum Gasteiger partial charge on any atom is -0.460 e. The highest BCUT2D eigenvalue weighted by molar-refractivity contribution is 5.94. The van der Waals surface area contributed by atoms with Gasteiger partial charge >= 0.3 is 12.1 Å². The molecule has 34 heavy (non-hydrogen) atoms. The van der Waals surface area contributed by atoms with E-state index < -0.39 is 65.9 Å². The van der Waals surface area contributed by atoms with Crippen LogP contribution in [0.4, 0.5) is 19.0 Å². The molecule has 2 aliphatic rings. The molecule has 2 saturated heterocycles. The van der Waals surface area contributed by atoms with Crippen LogP contribution in [0.5, 0.6) is 0 Å². The summed E-state index contributed by atoms with van der Waals surface area (Å²) in [5.74, 6) is -2.26. The monoisotopic (exact) mass is 490 g/mol. The van der Waals surface area contributed by atoms with Gasteiger partial charge < -0.3 is 29.6 Å². The Morgan fingerprint density at radius 2 is 1.85 bits per heavy atom. The Bertz CT molecular complexity index is 905. The largest absolute Gasteiger partial charge is 0.460 e. The molecule has 1 aromatic rings. The molecule has 0 unspecified atom stereocenters. The van der Waals surface area contributed by atoms with Crippen LogP contribution in [0.25, 0.3) is 0 Å². The van der Waals surface area contributed by atoms with E-state index in [9.17, 15) is 22.8 Å². The van der Waals surface area contributed by atoms with Gasteiger partial charge in [0.1, 0.15) is 36.2 Å². The van der Waals surface area contributed by atoms with E-state index in [-0.39, 0.29) is 19.0 Å². The van der Waals surface area contributed by atoms with Gasteiger partial charge in [-0.3, -0.25) is 14.6 Å². The maximum absolute atomic E-state index is 13.0. The second-order valence-corrected chi connectivity index (χ2v) is 9.54. The number of rotatable bonds is 6. The van der Waals surface area contributed by atoms with Crippen molar-refractivity contribution >= 4 is 17.7 Å². The van der Waals surface area contributed by atoms with Crippen molar-refractivity contribution in [2.75, 3.05) is 18.5 Å². The Hall–Kier alpha value is -2.51. The molecule has 4 atom stereocenters. The number of alkyl halides is 3. The summed E-state index contributed by atoms with van der Waals surface area (Å²) in [6, 6.07) is -0.585. The Balaban J connectivity index is 1.62. The fourth-order valence-electron chi connectivity index (χ4n) is 3.68. The number of ether oxygens (including phenoxy) is 4. The molecule has 0 aliphatic carbocycles. The third kappa shape index (κ3) is 7.00. The molecule has 190 valence electrons. The Morgan fingerprint density at radius 1 is 1.18 bits per heavy atom. The Kier molecular flexibility index (Phi) is 7.39. The van der Waals surface area contributed by atoms with Crippen molar-refractivity contribution in [3.8, 4) is 0 Å². The number of nitrogens with one attached hydrogen (secondary N) is 2. The van der Waals surface area contributed by atoms with Crippen LogP contribution in [0.1, 0.15) is 46.7 Å². The lowest BCUT2D eigenvalue weighted by molar-refractivity contribution is -0.157. The molecule has 2 fully saturated rings. The molecule has 0 aromatic carbocycles. The molecular weight excluding hydrogens is 461 g/mol. The summed E-state index contributed by atoms with van der Waals surface area (Å²) >= 11 is 0. The van der Waals surface area contributed by atoms with Crippen LogP contribution >= 0.6 is 0 Å². The standard InChI is InChI=1S/C21H29F3N4O6/c1-19(2,3)32-16(30)6-15(29)26-7-12-18-17(33-20(4,5)34-18)11(10-31-12)27-14-9-25-8-13(28-14)21(22,23)24/h8-9,11-12,17-18H,6-7,10H2,1-5H3,(H,26,29)(H,27,28)/t11-,12+,17+,18-/m0/s1. The lowest BCUT2D eigenvalue weighted by atomic mass is 9.98. The van der Waals surface area contributed by atoms with Gasteiger partial charge in [-0.25, -0.2) is 4.98 Å². The SMILES string of the molecule is CC(C)(C)OC(=O)CC(=O)NC[C@H]1OC[C@H](Nc2cncc(C(F)(F)F)n2)[C@H]2OC(C)(C)O[C@H]21. The van der Waals surface area contributed by atoms with Gasteiger partial charge in [-0.05, 0) is 34.6 Å². The number of halogens is 3. The smallest absolute Gasteiger partial charge is 0.434 e. The third-order valence-electron chi connectivity index (χ3n) is 4.90. The summed E-state index contributed by atoms with van der Waals surface area (Å²) < 4.78 is 61.8. The molecule has 3 heterocycles. The first-order valence-corrected chi connectivity index (χ1v) is 10.7. The van der Waals surface area contributed by atoms with Crippen LogP contribution in [0.15, 0.2) is 12.4 Å². The van der Waals surface area contributed by atoms with Gasteiger partial charge in [0.25, 0.3) is 0 Å². The lowest BCUT2D eigenvalue weighted by Crippen LogP contribution is -2.57. The van der Waals surface area contributed by atoms with Gasteiger partial charge in [0.15, 0.2) is 11.5 Å². The highest BCUT2D eigenvalue weighted by atomic mass is 19.4. The first kappa shape index (κ1) is 26.1. The van der Waals surface area contributed by atoms with Gasteiger partial charge in [0.05, 0.1) is 25.0 Å². The van der Waals surface area contributed by atoms with Crippen molar-refractivity contribution in [3.05, 3.63) is 18.1 Å². The first-order valence-electron chi connectivity index (χ1n) is 10.7. The van der Waals surface area contributed by atoms with Crippen LogP contribution in [0.2, 0.25) is 0 Å². The summed E-state index contributed by atoms with van der Waals surface area (Å²) in [5.41, 5.74) is -1.83. The number of aromatic nitrogens is 2. The highest BCUT2D eigenvalue weighted by Gasteiger charge is 2.52. The highest BCUT2D eigenvalue weighted by Crippen LogP contribution is 2.36. The zero-order valence-electron chi connectivity index (χ0n) is 19.6. The number of carbonyl (C=O) groups excluding carboxylic acids is 2. The minimum absolute atomic E-state index is 0.0400. The van der Waals surface area contributed by atoms with E-state index in [1.807, 2.05) is 0 Å². The van der Waals surface area contributed by atoms with E-state index in [4.69, 9.17) is 18.9 Å². The van der Waals surface area contributed by atoms with Crippen molar-refractivity contribution in [1.82, 2.24) is 15.3 Å². The quantitative estimate of drug-likeness (QED) is 0.456. The summed E-state index contributed by atoms with van der Waals surface area (Å²) in [5, 5.41) is 5.51. The Labute approximate surface area is 194 Å². The summed E-state index contributed by atoms with van der Waals surface area (Å²) in [4.78, 5) is 31.2. The van der Waals surface area contributed by atoms with E-state index in [0.717, 1.165) is 0 Å². The van der Waals surface area contributed by atoms with Gasteiger partial charge in [0, 0.05) is 6.54 Å². The number of hydrogen-bond donors (Lipinski definition) is 2. The van der Waals surface area contributed by atoms with E-state index in [0.29, 0.717) is 6.20 Å². The van der Waals surface area contributed by atoms with E-state index in [1.165, 1.54) is 6.20 Å². The molecule has 0 bridgehead atoms. The molecule has 0 radical (unpaired) electrons. The second-order valence-electron chi connectivity index (χ2n) is 9.54. The molecule has 0 saturated carbocycles.